The van der Waals surface area contributed by atoms with Gasteiger partial charge in [-0.1, -0.05) is 24.3 Å². The number of aromatic nitrogens is 1. The molecule has 2 amide bonds. The van der Waals surface area contributed by atoms with Crippen LogP contribution in [-0.4, -0.2) is 48.9 Å². The molecule has 0 spiro atoms. The highest BCUT2D eigenvalue weighted by atomic mass is 32.1. The van der Waals surface area contributed by atoms with Gasteiger partial charge >= 0.3 is 0 Å². The number of methoxy groups -OCH3 is 1. The van der Waals surface area contributed by atoms with Gasteiger partial charge < -0.3 is 9.64 Å². The maximum absolute atomic E-state index is 13.3. The normalized spacial score (nSPS) is 16.6. The van der Waals surface area contributed by atoms with E-state index in [1.807, 2.05) is 41.8 Å². The van der Waals surface area contributed by atoms with Gasteiger partial charge in [0.1, 0.15) is 5.75 Å². The van der Waals surface area contributed by atoms with Gasteiger partial charge in [0.15, 0.2) is 5.13 Å². The highest BCUT2D eigenvalue weighted by Crippen LogP contribution is 2.30. The predicted molar refractivity (Wildman–Crippen MR) is 115 cm³/mol. The molecule has 0 radical (unpaired) electrons. The van der Waals surface area contributed by atoms with Crippen LogP contribution < -0.4 is 9.64 Å². The van der Waals surface area contributed by atoms with E-state index >= 15 is 0 Å². The van der Waals surface area contributed by atoms with Gasteiger partial charge in [-0.05, 0) is 30.4 Å². The maximum atomic E-state index is 13.3. The summed E-state index contributed by atoms with van der Waals surface area (Å²) in [6, 6.07) is 11.4. The minimum Gasteiger partial charge on any atom is -0.496 e. The molecule has 150 valence electrons. The van der Waals surface area contributed by atoms with E-state index in [-0.39, 0.29) is 17.7 Å². The van der Waals surface area contributed by atoms with E-state index in [1.165, 1.54) is 11.3 Å². The molecule has 1 unspecified atom stereocenters. The van der Waals surface area contributed by atoms with Crippen LogP contribution in [-0.2, 0) is 4.79 Å². The lowest BCUT2D eigenvalue weighted by atomic mass is 9.95. The molecule has 7 heteroatoms. The summed E-state index contributed by atoms with van der Waals surface area (Å²) in [4.78, 5) is 33.9. The number of fused-ring (bicyclic) bond motifs is 1. The third-order valence-corrected chi connectivity index (χ3v) is 6.28. The zero-order chi connectivity index (χ0) is 20.4. The van der Waals surface area contributed by atoms with Crippen LogP contribution in [0.15, 0.2) is 48.0 Å². The smallest absolute Gasteiger partial charge is 0.254 e. The van der Waals surface area contributed by atoms with Crippen LogP contribution in [0.4, 0.5) is 5.13 Å². The number of ether oxygens (including phenoxy) is 1. The second-order valence-electron chi connectivity index (χ2n) is 7.16. The van der Waals surface area contributed by atoms with Gasteiger partial charge in [0.05, 0.1) is 13.0 Å². The first-order valence-electron chi connectivity index (χ1n) is 9.62. The molecule has 1 atom stereocenters. The highest BCUT2D eigenvalue weighted by Gasteiger charge is 2.32. The number of benzene rings is 2. The summed E-state index contributed by atoms with van der Waals surface area (Å²) in [5.41, 5.74) is 0.641. The molecular formula is C22H23N3O3S. The van der Waals surface area contributed by atoms with Crippen molar-refractivity contribution in [3.8, 4) is 5.75 Å². The first-order valence-corrected chi connectivity index (χ1v) is 10.5. The fourth-order valence-electron chi connectivity index (χ4n) is 3.92. The lowest BCUT2D eigenvalue weighted by molar-refractivity contribution is -0.123. The largest absolute Gasteiger partial charge is 0.496 e. The molecule has 0 aliphatic carbocycles. The number of hydrogen-bond acceptors (Lipinski definition) is 5. The van der Waals surface area contributed by atoms with Gasteiger partial charge in [-0.2, -0.15) is 0 Å². The van der Waals surface area contributed by atoms with Crippen molar-refractivity contribution in [1.82, 2.24) is 9.88 Å². The molecule has 1 saturated heterocycles. The van der Waals surface area contributed by atoms with Crippen LogP contribution in [0, 0.1) is 5.92 Å². The van der Waals surface area contributed by atoms with Gasteiger partial charge in [0.25, 0.3) is 5.91 Å². The number of anilines is 1. The molecule has 2 heterocycles. The number of likely N-dealkylation sites (tertiary alicyclic amines) is 1. The SMILES string of the molecule is COc1ccc(C(=O)N2CCCC(C(=O)N(C)c3nccs3)C2)c2ccccc12. The number of rotatable bonds is 4. The molecule has 3 aromatic rings. The minimum atomic E-state index is -0.217. The van der Waals surface area contributed by atoms with Crippen LogP contribution in [0.2, 0.25) is 0 Å². The van der Waals surface area contributed by atoms with E-state index < -0.39 is 0 Å². The molecule has 29 heavy (non-hydrogen) atoms. The van der Waals surface area contributed by atoms with Crippen molar-refractivity contribution in [2.75, 3.05) is 32.1 Å². The van der Waals surface area contributed by atoms with Crippen molar-refractivity contribution in [3.63, 3.8) is 0 Å². The Morgan fingerprint density at radius 3 is 2.72 bits per heavy atom. The Kier molecular flexibility index (Phi) is 5.49. The van der Waals surface area contributed by atoms with Crippen LogP contribution in [0.1, 0.15) is 23.2 Å². The first kappa shape index (κ1) is 19.4. The Labute approximate surface area is 173 Å². The van der Waals surface area contributed by atoms with Gasteiger partial charge in [-0.25, -0.2) is 4.98 Å². The zero-order valence-electron chi connectivity index (χ0n) is 16.5. The monoisotopic (exact) mass is 409 g/mol. The number of carbonyl (C=O) groups is 2. The van der Waals surface area contributed by atoms with Crippen LogP contribution in [0.3, 0.4) is 0 Å². The second kappa shape index (κ2) is 8.21. The number of piperidine rings is 1. The molecule has 0 saturated carbocycles. The summed E-state index contributed by atoms with van der Waals surface area (Å²) < 4.78 is 5.44. The lowest BCUT2D eigenvalue weighted by Gasteiger charge is -2.33. The van der Waals surface area contributed by atoms with Crippen molar-refractivity contribution in [3.05, 3.63) is 53.5 Å². The zero-order valence-corrected chi connectivity index (χ0v) is 17.3. The van der Waals surface area contributed by atoms with E-state index in [9.17, 15) is 9.59 Å². The predicted octanol–water partition coefficient (Wildman–Crippen LogP) is 3.82. The Bertz CT molecular complexity index is 1030. The van der Waals surface area contributed by atoms with Crippen molar-refractivity contribution in [2.45, 2.75) is 12.8 Å². The molecule has 1 aliphatic rings. The third-order valence-electron chi connectivity index (χ3n) is 5.43. The fraction of sp³-hybridized carbons (Fsp3) is 0.318. The summed E-state index contributed by atoms with van der Waals surface area (Å²) in [6.07, 6.45) is 3.28. The Hall–Kier alpha value is -2.93. The highest BCUT2D eigenvalue weighted by molar-refractivity contribution is 7.13. The quantitative estimate of drug-likeness (QED) is 0.657. The summed E-state index contributed by atoms with van der Waals surface area (Å²) >= 11 is 1.43. The molecule has 0 N–H and O–H groups in total. The Morgan fingerprint density at radius 1 is 1.21 bits per heavy atom. The van der Waals surface area contributed by atoms with Crippen LogP contribution >= 0.6 is 11.3 Å². The van der Waals surface area contributed by atoms with E-state index in [1.54, 1.807) is 30.2 Å². The lowest BCUT2D eigenvalue weighted by Crippen LogP contribution is -2.46. The number of thiazole rings is 1. The second-order valence-corrected chi connectivity index (χ2v) is 8.04. The molecule has 1 aliphatic heterocycles. The molecule has 6 nitrogen and oxygen atoms in total. The van der Waals surface area contributed by atoms with E-state index in [0.29, 0.717) is 23.8 Å². The fourth-order valence-corrected chi connectivity index (χ4v) is 4.53. The van der Waals surface area contributed by atoms with Crippen molar-refractivity contribution >= 4 is 39.1 Å². The number of nitrogens with zero attached hydrogens (tertiary/aromatic N) is 3. The van der Waals surface area contributed by atoms with E-state index in [2.05, 4.69) is 4.98 Å². The van der Waals surface area contributed by atoms with Gasteiger partial charge in [-0.15, -0.1) is 11.3 Å². The van der Waals surface area contributed by atoms with Crippen LogP contribution in [0.25, 0.3) is 10.8 Å². The topological polar surface area (TPSA) is 62.7 Å². The summed E-state index contributed by atoms with van der Waals surface area (Å²) in [6.45, 7) is 1.08. The van der Waals surface area contributed by atoms with Gasteiger partial charge in [0, 0.05) is 42.7 Å². The number of carbonyl (C=O) groups excluding carboxylic acids is 2. The molecular weight excluding hydrogens is 386 g/mol. The maximum Gasteiger partial charge on any atom is 0.254 e. The molecule has 1 fully saturated rings. The minimum absolute atomic E-state index is 0.0111. The van der Waals surface area contributed by atoms with Gasteiger partial charge in [-0.3, -0.25) is 14.5 Å². The van der Waals surface area contributed by atoms with Gasteiger partial charge in [0.2, 0.25) is 5.91 Å². The first-order chi connectivity index (χ1) is 14.1. The Balaban J connectivity index is 1.57. The number of amides is 2. The standard InChI is InChI=1S/C22H23N3O3S/c1-24(22-23-11-13-29-22)20(26)15-6-5-12-25(14-15)21(27)18-9-10-19(28-2)17-8-4-3-7-16(17)18/h3-4,7-11,13,15H,5-6,12,14H2,1-2H3. The van der Waals surface area contributed by atoms with Crippen molar-refractivity contribution in [2.24, 2.45) is 5.92 Å². The van der Waals surface area contributed by atoms with Crippen molar-refractivity contribution in [1.29, 1.82) is 0 Å². The summed E-state index contributed by atoms with van der Waals surface area (Å²) in [5, 5.41) is 4.31. The van der Waals surface area contributed by atoms with E-state index in [4.69, 9.17) is 4.74 Å². The molecule has 0 bridgehead atoms. The number of hydrogen-bond donors (Lipinski definition) is 0. The molecule has 2 aromatic carbocycles. The average molecular weight is 410 g/mol. The third kappa shape index (κ3) is 3.70. The summed E-state index contributed by atoms with van der Waals surface area (Å²) in [7, 11) is 3.38. The van der Waals surface area contributed by atoms with Crippen molar-refractivity contribution < 1.29 is 14.3 Å². The van der Waals surface area contributed by atoms with E-state index in [0.717, 1.165) is 29.4 Å². The summed E-state index contributed by atoms with van der Waals surface area (Å²) in [5.74, 6) is 0.496. The average Bonchev–Trinajstić information content (AvgIpc) is 3.32. The molecule has 4 rings (SSSR count). The van der Waals surface area contributed by atoms with Crippen LogP contribution in [0.5, 0.6) is 5.75 Å². The Morgan fingerprint density at radius 2 is 2.00 bits per heavy atom. The molecule has 1 aromatic heterocycles.